The van der Waals surface area contributed by atoms with Crippen LogP contribution in [-0.4, -0.2) is 22.1 Å². The van der Waals surface area contributed by atoms with Gasteiger partial charge < -0.3 is 4.57 Å². The molecule has 0 amide bonds. The van der Waals surface area contributed by atoms with Gasteiger partial charge >= 0.3 is 0 Å². The highest BCUT2D eigenvalue weighted by molar-refractivity contribution is 9.10. The Morgan fingerprint density at radius 3 is 2.62 bits per heavy atom. The molecule has 0 aliphatic heterocycles. The highest BCUT2D eigenvalue weighted by Gasteiger charge is 2.31. The summed E-state index contributed by atoms with van der Waals surface area (Å²) in [4.78, 5) is 14.8. The van der Waals surface area contributed by atoms with Crippen LogP contribution in [0.15, 0.2) is 39.7 Å². The molecule has 1 heterocycles. The first-order valence-electron chi connectivity index (χ1n) is 9.24. The number of fused-ring (bicyclic) bond motifs is 1. The number of rotatable bonds is 5. The molecule has 2 aliphatic rings. The number of pyridine rings is 1. The molecule has 0 unspecified atom stereocenters. The normalized spacial score (nSPS) is 19.2. The van der Waals surface area contributed by atoms with E-state index in [2.05, 4.69) is 25.4 Å². The maximum atomic E-state index is 12.2. The minimum absolute atomic E-state index is 0.104. The molecule has 0 atom stereocenters. The average Bonchev–Trinajstić information content (AvgIpc) is 3.43. The van der Waals surface area contributed by atoms with E-state index < -0.39 is 0 Å². The van der Waals surface area contributed by atoms with E-state index in [1.807, 2.05) is 24.4 Å². The van der Waals surface area contributed by atoms with Crippen molar-refractivity contribution in [3.8, 4) is 0 Å². The van der Waals surface area contributed by atoms with Crippen molar-refractivity contribution in [1.82, 2.24) is 9.47 Å². The van der Waals surface area contributed by atoms with Crippen LogP contribution in [-0.2, 0) is 6.67 Å². The van der Waals surface area contributed by atoms with E-state index in [0.717, 1.165) is 34.0 Å². The lowest BCUT2D eigenvalue weighted by Crippen LogP contribution is -2.34. The predicted octanol–water partition coefficient (Wildman–Crippen LogP) is 4.77. The molecule has 128 valence electrons. The summed E-state index contributed by atoms with van der Waals surface area (Å²) in [5.74, 6) is 0.855. The first-order chi connectivity index (χ1) is 11.7. The lowest BCUT2D eigenvalue weighted by molar-refractivity contribution is 0.157. The Morgan fingerprint density at radius 2 is 1.88 bits per heavy atom. The number of benzene rings is 1. The topological polar surface area (TPSA) is 25.2 Å². The van der Waals surface area contributed by atoms with Crippen LogP contribution in [0.25, 0.3) is 10.9 Å². The minimum atomic E-state index is 0.104. The van der Waals surface area contributed by atoms with E-state index in [4.69, 9.17) is 0 Å². The van der Waals surface area contributed by atoms with Crippen molar-refractivity contribution in [1.29, 1.82) is 0 Å². The predicted molar refractivity (Wildman–Crippen MR) is 102 cm³/mol. The number of hydrogen-bond acceptors (Lipinski definition) is 2. The Hall–Kier alpha value is -1.13. The molecule has 2 aromatic rings. The molecule has 0 radical (unpaired) electrons. The van der Waals surface area contributed by atoms with E-state index in [0.29, 0.717) is 0 Å². The molecule has 24 heavy (non-hydrogen) atoms. The molecule has 1 aromatic carbocycles. The SMILES string of the molecule is O=c1ccn(CN(CC2CCCCC2)C2CC2)c2c(Br)cccc12. The molecule has 0 spiro atoms. The van der Waals surface area contributed by atoms with Crippen molar-refractivity contribution >= 4 is 26.8 Å². The molecule has 4 heteroatoms. The fraction of sp³-hybridized carbons (Fsp3) is 0.550. The van der Waals surface area contributed by atoms with Crippen molar-refractivity contribution in [3.05, 3.63) is 45.2 Å². The third kappa shape index (κ3) is 3.45. The van der Waals surface area contributed by atoms with Gasteiger partial charge in [0.05, 0.1) is 12.2 Å². The summed E-state index contributed by atoms with van der Waals surface area (Å²) in [6.45, 7) is 2.10. The molecule has 0 bridgehead atoms. The molecule has 2 saturated carbocycles. The number of halogens is 1. The minimum Gasteiger partial charge on any atom is -0.333 e. The molecule has 0 saturated heterocycles. The summed E-state index contributed by atoms with van der Waals surface area (Å²) >= 11 is 3.64. The van der Waals surface area contributed by atoms with Crippen LogP contribution in [0, 0.1) is 5.92 Å². The molecule has 0 N–H and O–H groups in total. The molecular weight excluding hydrogens is 364 g/mol. The van der Waals surface area contributed by atoms with Crippen molar-refractivity contribution in [2.45, 2.75) is 57.7 Å². The molecule has 1 aromatic heterocycles. The number of para-hydroxylation sites is 1. The van der Waals surface area contributed by atoms with Gasteiger partial charge in [-0.2, -0.15) is 0 Å². The van der Waals surface area contributed by atoms with Gasteiger partial charge in [0.15, 0.2) is 5.43 Å². The lowest BCUT2D eigenvalue weighted by Gasteiger charge is -2.31. The van der Waals surface area contributed by atoms with Crippen LogP contribution in [0.2, 0.25) is 0 Å². The summed E-state index contributed by atoms with van der Waals surface area (Å²) in [5.41, 5.74) is 1.13. The van der Waals surface area contributed by atoms with E-state index >= 15 is 0 Å². The first kappa shape index (κ1) is 16.3. The van der Waals surface area contributed by atoms with Gasteiger partial charge in [-0.25, -0.2) is 0 Å². The van der Waals surface area contributed by atoms with Gasteiger partial charge in [0.1, 0.15) is 0 Å². The second-order valence-corrected chi connectivity index (χ2v) is 8.29. The van der Waals surface area contributed by atoms with Crippen LogP contribution in [0.3, 0.4) is 0 Å². The molecule has 3 nitrogen and oxygen atoms in total. The average molecular weight is 389 g/mol. The molecular formula is C20H25BrN2O. The second kappa shape index (κ2) is 7.01. The Morgan fingerprint density at radius 1 is 1.08 bits per heavy atom. The third-order valence-corrected chi connectivity index (χ3v) is 6.20. The van der Waals surface area contributed by atoms with Gasteiger partial charge in [-0.05, 0) is 59.7 Å². The van der Waals surface area contributed by atoms with Crippen LogP contribution in [0.5, 0.6) is 0 Å². The highest BCUT2D eigenvalue weighted by atomic mass is 79.9. The quantitative estimate of drug-likeness (QED) is 0.736. The van der Waals surface area contributed by atoms with Gasteiger partial charge in [-0.3, -0.25) is 9.69 Å². The molecule has 4 rings (SSSR count). The maximum Gasteiger partial charge on any atom is 0.189 e. The van der Waals surface area contributed by atoms with Gasteiger partial charge in [0.25, 0.3) is 0 Å². The smallest absolute Gasteiger partial charge is 0.189 e. The van der Waals surface area contributed by atoms with Crippen LogP contribution >= 0.6 is 15.9 Å². The Kier molecular flexibility index (Phi) is 4.77. The largest absolute Gasteiger partial charge is 0.333 e. The first-order valence-corrected chi connectivity index (χ1v) is 10.0. The lowest BCUT2D eigenvalue weighted by atomic mass is 9.89. The van der Waals surface area contributed by atoms with Crippen LogP contribution in [0.4, 0.5) is 0 Å². The summed E-state index contributed by atoms with van der Waals surface area (Å²) < 4.78 is 3.26. The number of nitrogens with zero attached hydrogens (tertiary/aromatic N) is 2. The summed E-state index contributed by atoms with van der Waals surface area (Å²) in [5, 5.41) is 0.806. The standard InChI is InChI=1S/C20H25BrN2O/c21-18-8-4-7-17-19(24)11-12-22(20(17)18)14-23(16-9-10-16)13-15-5-2-1-3-6-15/h4,7-8,11-12,15-16H,1-3,5-6,9-10,13-14H2. The van der Waals surface area contributed by atoms with Crippen molar-refractivity contribution in [2.75, 3.05) is 6.54 Å². The monoisotopic (exact) mass is 388 g/mol. The van der Waals surface area contributed by atoms with Crippen molar-refractivity contribution in [2.24, 2.45) is 5.92 Å². The van der Waals surface area contributed by atoms with Gasteiger partial charge in [0.2, 0.25) is 0 Å². The Labute approximate surface area is 151 Å². The zero-order valence-corrected chi connectivity index (χ0v) is 15.7. The van der Waals surface area contributed by atoms with E-state index in [9.17, 15) is 4.79 Å². The van der Waals surface area contributed by atoms with Crippen molar-refractivity contribution in [3.63, 3.8) is 0 Å². The van der Waals surface area contributed by atoms with Crippen molar-refractivity contribution < 1.29 is 0 Å². The van der Waals surface area contributed by atoms with Crippen LogP contribution in [0.1, 0.15) is 44.9 Å². The number of hydrogen-bond donors (Lipinski definition) is 0. The van der Waals surface area contributed by atoms with E-state index in [1.165, 1.54) is 51.5 Å². The van der Waals surface area contributed by atoms with E-state index in [-0.39, 0.29) is 5.43 Å². The number of aromatic nitrogens is 1. The summed E-state index contributed by atoms with van der Waals surface area (Å²) in [6, 6.07) is 8.35. The summed E-state index contributed by atoms with van der Waals surface area (Å²) in [7, 11) is 0. The maximum absolute atomic E-state index is 12.2. The zero-order valence-electron chi connectivity index (χ0n) is 14.1. The van der Waals surface area contributed by atoms with Gasteiger partial charge in [-0.1, -0.05) is 25.3 Å². The molecule has 2 fully saturated rings. The Balaban J connectivity index is 1.61. The fourth-order valence-corrected chi connectivity index (χ4v) is 4.70. The van der Waals surface area contributed by atoms with Crippen LogP contribution < -0.4 is 5.43 Å². The van der Waals surface area contributed by atoms with Gasteiger partial charge in [-0.15, -0.1) is 0 Å². The zero-order chi connectivity index (χ0) is 16.5. The van der Waals surface area contributed by atoms with Gasteiger partial charge in [0, 0.05) is 34.7 Å². The Bertz CT molecular complexity index is 775. The fourth-order valence-electron chi connectivity index (χ4n) is 4.10. The second-order valence-electron chi connectivity index (χ2n) is 7.43. The molecule has 2 aliphatic carbocycles. The third-order valence-electron chi connectivity index (χ3n) is 5.56. The summed E-state index contributed by atoms with van der Waals surface area (Å²) in [6.07, 6.45) is 11.6. The highest BCUT2D eigenvalue weighted by Crippen LogP contribution is 2.32. The van der Waals surface area contributed by atoms with E-state index in [1.54, 1.807) is 6.07 Å².